The highest BCUT2D eigenvalue weighted by molar-refractivity contribution is 7.12. The second-order valence-corrected chi connectivity index (χ2v) is 8.39. The van der Waals surface area contributed by atoms with Gasteiger partial charge in [0.25, 0.3) is 11.8 Å². The highest BCUT2D eigenvalue weighted by atomic mass is 32.1. The number of thiophene rings is 1. The second-order valence-electron chi connectivity index (χ2n) is 7.44. The molecule has 1 aromatic heterocycles. The standard InChI is InChI=1S/C24H24N2O2S/c27-23(25-20-13-11-18(12-14-20)17-6-2-1-3-7-17)19-8-4-9-21(16-19)26-24(28)22-10-5-15-29-22/h1-10,15-16,18,20H,11-14H2,(H,25,27)(H,26,28). The minimum Gasteiger partial charge on any atom is -0.349 e. The van der Waals surface area contributed by atoms with E-state index in [1.807, 2.05) is 17.5 Å². The van der Waals surface area contributed by atoms with Crippen molar-refractivity contribution in [2.75, 3.05) is 5.32 Å². The number of rotatable bonds is 5. The summed E-state index contributed by atoms with van der Waals surface area (Å²) in [5.74, 6) is 0.345. The zero-order chi connectivity index (χ0) is 20.1. The molecule has 148 valence electrons. The van der Waals surface area contributed by atoms with Crippen LogP contribution in [0.15, 0.2) is 72.1 Å². The van der Waals surface area contributed by atoms with E-state index in [1.54, 1.807) is 30.3 Å². The summed E-state index contributed by atoms with van der Waals surface area (Å²) in [5.41, 5.74) is 2.59. The normalized spacial score (nSPS) is 18.8. The third-order valence-electron chi connectivity index (χ3n) is 5.46. The first-order valence-corrected chi connectivity index (χ1v) is 10.9. The molecule has 3 aromatic rings. The third kappa shape index (κ3) is 4.93. The monoisotopic (exact) mass is 404 g/mol. The Morgan fingerprint density at radius 1 is 0.828 bits per heavy atom. The Balaban J connectivity index is 1.33. The molecule has 1 aliphatic rings. The lowest BCUT2D eigenvalue weighted by Gasteiger charge is -2.29. The van der Waals surface area contributed by atoms with Gasteiger partial charge in [-0.3, -0.25) is 9.59 Å². The lowest BCUT2D eigenvalue weighted by molar-refractivity contribution is 0.0924. The van der Waals surface area contributed by atoms with Gasteiger partial charge in [0.2, 0.25) is 0 Å². The van der Waals surface area contributed by atoms with Crippen molar-refractivity contribution in [2.24, 2.45) is 0 Å². The van der Waals surface area contributed by atoms with Gasteiger partial charge in [-0.2, -0.15) is 0 Å². The molecule has 0 bridgehead atoms. The van der Waals surface area contributed by atoms with Crippen molar-refractivity contribution in [1.82, 2.24) is 5.32 Å². The van der Waals surface area contributed by atoms with Crippen LogP contribution in [0, 0.1) is 0 Å². The van der Waals surface area contributed by atoms with Crippen LogP contribution in [0.2, 0.25) is 0 Å². The Hall–Kier alpha value is -2.92. The maximum Gasteiger partial charge on any atom is 0.265 e. The average molecular weight is 405 g/mol. The van der Waals surface area contributed by atoms with Crippen LogP contribution in [-0.2, 0) is 0 Å². The highest BCUT2D eigenvalue weighted by Gasteiger charge is 2.23. The number of amides is 2. The summed E-state index contributed by atoms with van der Waals surface area (Å²) < 4.78 is 0. The van der Waals surface area contributed by atoms with E-state index in [0.717, 1.165) is 25.7 Å². The molecule has 0 atom stereocenters. The summed E-state index contributed by atoms with van der Waals surface area (Å²) in [7, 11) is 0. The Kier molecular flexibility index (Phi) is 6.06. The Morgan fingerprint density at radius 2 is 1.62 bits per heavy atom. The van der Waals surface area contributed by atoms with E-state index in [2.05, 4.69) is 34.9 Å². The van der Waals surface area contributed by atoms with E-state index < -0.39 is 0 Å². The number of nitrogens with one attached hydrogen (secondary N) is 2. The summed E-state index contributed by atoms with van der Waals surface area (Å²) >= 11 is 1.39. The largest absolute Gasteiger partial charge is 0.349 e. The summed E-state index contributed by atoms with van der Waals surface area (Å²) in [4.78, 5) is 25.6. The van der Waals surface area contributed by atoms with Gasteiger partial charge in [-0.15, -0.1) is 11.3 Å². The second kappa shape index (κ2) is 9.05. The van der Waals surface area contributed by atoms with Gasteiger partial charge in [-0.1, -0.05) is 42.5 Å². The maximum atomic E-state index is 12.7. The van der Waals surface area contributed by atoms with Crippen molar-refractivity contribution in [2.45, 2.75) is 37.6 Å². The molecule has 4 nitrogen and oxygen atoms in total. The number of benzene rings is 2. The van der Waals surface area contributed by atoms with E-state index in [4.69, 9.17) is 0 Å². The third-order valence-corrected chi connectivity index (χ3v) is 6.33. The van der Waals surface area contributed by atoms with Gasteiger partial charge >= 0.3 is 0 Å². The van der Waals surface area contributed by atoms with Gasteiger partial charge in [-0.25, -0.2) is 0 Å². The fraction of sp³-hybridized carbons (Fsp3) is 0.250. The predicted molar refractivity (Wildman–Crippen MR) is 118 cm³/mol. The Labute approximate surface area is 175 Å². The van der Waals surface area contributed by atoms with Crippen LogP contribution < -0.4 is 10.6 Å². The molecule has 2 amide bonds. The fourth-order valence-electron chi connectivity index (χ4n) is 3.90. The minimum atomic E-state index is -0.156. The summed E-state index contributed by atoms with van der Waals surface area (Å²) in [6, 6.07) is 21.6. The molecule has 1 fully saturated rings. The van der Waals surface area contributed by atoms with Crippen LogP contribution in [0.1, 0.15) is 57.2 Å². The van der Waals surface area contributed by atoms with Crippen molar-refractivity contribution in [3.05, 3.63) is 88.1 Å². The predicted octanol–water partition coefficient (Wildman–Crippen LogP) is 5.46. The van der Waals surface area contributed by atoms with Crippen molar-refractivity contribution in [1.29, 1.82) is 0 Å². The fourth-order valence-corrected chi connectivity index (χ4v) is 4.52. The molecule has 0 saturated heterocycles. The maximum absolute atomic E-state index is 12.7. The molecular weight excluding hydrogens is 380 g/mol. The number of hydrogen-bond donors (Lipinski definition) is 2. The van der Waals surface area contributed by atoms with Crippen LogP contribution in [0.4, 0.5) is 5.69 Å². The van der Waals surface area contributed by atoms with E-state index in [9.17, 15) is 9.59 Å². The van der Waals surface area contributed by atoms with Gasteiger partial charge in [0.05, 0.1) is 4.88 Å². The van der Waals surface area contributed by atoms with E-state index in [-0.39, 0.29) is 17.9 Å². The zero-order valence-corrected chi connectivity index (χ0v) is 17.0. The van der Waals surface area contributed by atoms with Crippen molar-refractivity contribution >= 4 is 28.8 Å². The van der Waals surface area contributed by atoms with E-state index in [1.165, 1.54) is 16.9 Å². The van der Waals surface area contributed by atoms with Gasteiger partial charge in [0.15, 0.2) is 0 Å². The van der Waals surface area contributed by atoms with Gasteiger partial charge in [0.1, 0.15) is 0 Å². The Bertz CT molecular complexity index is 962. The first-order valence-electron chi connectivity index (χ1n) is 10.00. The Morgan fingerprint density at radius 3 is 2.34 bits per heavy atom. The summed E-state index contributed by atoms with van der Waals surface area (Å²) in [6.07, 6.45) is 4.15. The number of carbonyl (C=O) groups is 2. The molecule has 1 aliphatic carbocycles. The van der Waals surface area contributed by atoms with Crippen LogP contribution in [0.25, 0.3) is 0 Å². The molecule has 0 aliphatic heterocycles. The van der Waals surface area contributed by atoms with Gasteiger partial charge < -0.3 is 10.6 Å². The highest BCUT2D eigenvalue weighted by Crippen LogP contribution is 2.32. The molecule has 0 unspecified atom stereocenters. The lowest BCUT2D eigenvalue weighted by atomic mass is 9.82. The number of carbonyl (C=O) groups excluding carboxylic acids is 2. The van der Waals surface area contributed by atoms with E-state index >= 15 is 0 Å². The molecule has 5 heteroatoms. The molecule has 29 heavy (non-hydrogen) atoms. The summed E-state index contributed by atoms with van der Waals surface area (Å²) in [6.45, 7) is 0. The SMILES string of the molecule is O=C(NC1CCC(c2ccccc2)CC1)c1cccc(NC(=O)c2cccs2)c1. The molecule has 1 saturated carbocycles. The van der Waals surface area contributed by atoms with Gasteiger partial charge in [-0.05, 0) is 66.8 Å². The molecule has 4 rings (SSSR count). The van der Waals surface area contributed by atoms with Crippen LogP contribution >= 0.6 is 11.3 Å². The molecular formula is C24H24N2O2S. The average Bonchev–Trinajstić information content (AvgIpc) is 3.30. The van der Waals surface area contributed by atoms with Crippen molar-refractivity contribution in [3.8, 4) is 0 Å². The molecule has 0 spiro atoms. The quantitative estimate of drug-likeness (QED) is 0.593. The van der Waals surface area contributed by atoms with Crippen molar-refractivity contribution < 1.29 is 9.59 Å². The molecule has 2 N–H and O–H groups in total. The zero-order valence-electron chi connectivity index (χ0n) is 16.1. The first kappa shape index (κ1) is 19.4. The van der Waals surface area contributed by atoms with Crippen LogP contribution in [0.5, 0.6) is 0 Å². The van der Waals surface area contributed by atoms with Crippen LogP contribution in [0.3, 0.4) is 0 Å². The van der Waals surface area contributed by atoms with E-state index in [0.29, 0.717) is 22.0 Å². The van der Waals surface area contributed by atoms with Crippen molar-refractivity contribution in [3.63, 3.8) is 0 Å². The topological polar surface area (TPSA) is 58.2 Å². The minimum absolute atomic E-state index is 0.0830. The van der Waals surface area contributed by atoms with Crippen LogP contribution in [-0.4, -0.2) is 17.9 Å². The summed E-state index contributed by atoms with van der Waals surface area (Å²) in [5, 5.41) is 7.89. The number of hydrogen-bond acceptors (Lipinski definition) is 3. The number of anilines is 1. The lowest BCUT2D eigenvalue weighted by Crippen LogP contribution is -2.37. The molecule has 2 aromatic carbocycles. The molecule has 0 radical (unpaired) electrons. The first-order chi connectivity index (χ1) is 14.2. The smallest absolute Gasteiger partial charge is 0.265 e. The van der Waals surface area contributed by atoms with Gasteiger partial charge in [0, 0.05) is 17.3 Å². The molecule has 1 heterocycles.